The van der Waals surface area contributed by atoms with Gasteiger partial charge in [-0.1, -0.05) is 23.7 Å². The summed E-state index contributed by atoms with van der Waals surface area (Å²) in [5.74, 6) is -0.239. The van der Waals surface area contributed by atoms with E-state index in [0.717, 1.165) is 18.4 Å². The maximum atomic E-state index is 12.0. The van der Waals surface area contributed by atoms with Gasteiger partial charge in [0.15, 0.2) is 5.78 Å². The molecular weight excluding hydrogens is 250 g/mol. The summed E-state index contributed by atoms with van der Waals surface area (Å²) in [6.45, 7) is 0. The van der Waals surface area contributed by atoms with E-state index in [1.165, 1.54) is 0 Å². The van der Waals surface area contributed by atoms with Gasteiger partial charge < -0.3 is 5.32 Å². The molecular formula is C14H14ClNO2. The summed E-state index contributed by atoms with van der Waals surface area (Å²) in [4.78, 5) is 24.0. The first-order chi connectivity index (χ1) is 8.65. The molecule has 1 aromatic carbocycles. The molecule has 1 aromatic rings. The van der Waals surface area contributed by atoms with Crippen molar-refractivity contribution in [2.75, 3.05) is 0 Å². The number of hydrogen-bond donors (Lipinski definition) is 1. The molecule has 0 spiro atoms. The third kappa shape index (κ3) is 2.15. The van der Waals surface area contributed by atoms with Crippen molar-refractivity contribution < 1.29 is 9.59 Å². The van der Waals surface area contributed by atoms with Crippen molar-refractivity contribution >= 4 is 23.3 Å². The Balaban J connectivity index is 1.83. The van der Waals surface area contributed by atoms with E-state index in [4.69, 9.17) is 11.6 Å². The van der Waals surface area contributed by atoms with Crippen LogP contribution in [-0.4, -0.2) is 17.7 Å². The largest absolute Gasteiger partial charge is 0.353 e. The summed E-state index contributed by atoms with van der Waals surface area (Å²) < 4.78 is 0. The first kappa shape index (κ1) is 11.7. The minimum Gasteiger partial charge on any atom is -0.353 e. The van der Waals surface area contributed by atoms with Gasteiger partial charge >= 0.3 is 0 Å². The predicted octanol–water partition coefficient (Wildman–Crippen LogP) is 2.36. The Morgan fingerprint density at radius 1 is 1.28 bits per heavy atom. The topological polar surface area (TPSA) is 46.2 Å². The van der Waals surface area contributed by atoms with E-state index in [2.05, 4.69) is 5.32 Å². The molecule has 4 heteroatoms. The smallest absolute Gasteiger partial charge is 0.224 e. The molecule has 0 aromatic heterocycles. The van der Waals surface area contributed by atoms with Crippen molar-refractivity contribution in [2.45, 2.75) is 31.7 Å². The average Bonchev–Trinajstić information content (AvgIpc) is 3.14. The average molecular weight is 264 g/mol. The molecule has 1 saturated carbocycles. The third-order valence-electron chi connectivity index (χ3n) is 3.60. The highest BCUT2D eigenvalue weighted by molar-refractivity contribution is 6.32. The Labute approximate surface area is 111 Å². The SMILES string of the molecule is O=C1CC(C(=O)NC2CC2)Cc2c(Cl)cccc21. The highest BCUT2D eigenvalue weighted by atomic mass is 35.5. The van der Waals surface area contributed by atoms with Gasteiger partial charge in [0, 0.05) is 29.0 Å². The van der Waals surface area contributed by atoms with Crippen molar-refractivity contribution in [3.8, 4) is 0 Å². The highest BCUT2D eigenvalue weighted by Gasteiger charge is 2.33. The normalized spacial score (nSPS) is 22.5. The lowest BCUT2D eigenvalue weighted by atomic mass is 9.82. The second-order valence-corrected chi connectivity index (χ2v) is 5.48. The Bertz CT molecular complexity index is 523. The van der Waals surface area contributed by atoms with Crippen LogP contribution < -0.4 is 5.32 Å². The number of amides is 1. The van der Waals surface area contributed by atoms with Crippen molar-refractivity contribution in [2.24, 2.45) is 5.92 Å². The van der Waals surface area contributed by atoms with Crippen LogP contribution in [-0.2, 0) is 11.2 Å². The summed E-state index contributed by atoms with van der Waals surface area (Å²) in [5, 5.41) is 3.55. The van der Waals surface area contributed by atoms with E-state index in [-0.39, 0.29) is 17.6 Å². The van der Waals surface area contributed by atoms with Crippen LogP contribution in [0.15, 0.2) is 18.2 Å². The highest BCUT2D eigenvalue weighted by Crippen LogP contribution is 2.31. The maximum absolute atomic E-state index is 12.0. The van der Waals surface area contributed by atoms with Gasteiger partial charge in [0.25, 0.3) is 0 Å². The zero-order chi connectivity index (χ0) is 12.7. The zero-order valence-electron chi connectivity index (χ0n) is 9.91. The van der Waals surface area contributed by atoms with Gasteiger partial charge in [0.2, 0.25) is 5.91 Å². The number of benzene rings is 1. The molecule has 18 heavy (non-hydrogen) atoms. The van der Waals surface area contributed by atoms with Gasteiger partial charge in [-0.15, -0.1) is 0 Å². The van der Waals surface area contributed by atoms with Crippen LogP contribution in [0.2, 0.25) is 5.02 Å². The molecule has 1 unspecified atom stereocenters. The zero-order valence-corrected chi connectivity index (χ0v) is 10.7. The van der Waals surface area contributed by atoms with E-state index in [1.54, 1.807) is 18.2 Å². The summed E-state index contributed by atoms with van der Waals surface area (Å²) >= 11 is 6.11. The third-order valence-corrected chi connectivity index (χ3v) is 3.95. The van der Waals surface area contributed by atoms with Crippen molar-refractivity contribution in [1.29, 1.82) is 0 Å². The summed E-state index contributed by atoms with van der Waals surface area (Å²) in [5.41, 5.74) is 1.50. The van der Waals surface area contributed by atoms with E-state index < -0.39 is 0 Å². The number of hydrogen-bond acceptors (Lipinski definition) is 2. The Kier molecular flexibility index (Phi) is 2.86. The maximum Gasteiger partial charge on any atom is 0.224 e. The van der Waals surface area contributed by atoms with Crippen LogP contribution in [0.4, 0.5) is 0 Å². The van der Waals surface area contributed by atoms with Crippen molar-refractivity contribution in [3.05, 3.63) is 34.3 Å². The molecule has 94 valence electrons. The fourth-order valence-corrected chi connectivity index (χ4v) is 2.66. The molecule has 2 aliphatic rings. The molecule has 2 aliphatic carbocycles. The van der Waals surface area contributed by atoms with Crippen LogP contribution in [0.5, 0.6) is 0 Å². The van der Waals surface area contributed by atoms with E-state index >= 15 is 0 Å². The first-order valence-electron chi connectivity index (χ1n) is 6.26. The van der Waals surface area contributed by atoms with Crippen LogP contribution in [0.25, 0.3) is 0 Å². The molecule has 3 nitrogen and oxygen atoms in total. The van der Waals surface area contributed by atoms with Crippen LogP contribution in [0.3, 0.4) is 0 Å². The predicted molar refractivity (Wildman–Crippen MR) is 68.8 cm³/mol. The molecule has 0 aliphatic heterocycles. The quantitative estimate of drug-likeness (QED) is 0.890. The van der Waals surface area contributed by atoms with Gasteiger partial charge in [-0.2, -0.15) is 0 Å². The molecule has 0 heterocycles. The van der Waals surface area contributed by atoms with E-state index in [0.29, 0.717) is 29.5 Å². The molecule has 0 saturated heterocycles. The fourth-order valence-electron chi connectivity index (χ4n) is 2.41. The number of carbonyl (C=O) groups is 2. The lowest BCUT2D eigenvalue weighted by molar-refractivity contribution is -0.125. The Morgan fingerprint density at radius 3 is 2.78 bits per heavy atom. The molecule has 3 rings (SSSR count). The van der Waals surface area contributed by atoms with Crippen LogP contribution in [0.1, 0.15) is 35.2 Å². The van der Waals surface area contributed by atoms with E-state index in [9.17, 15) is 9.59 Å². The van der Waals surface area contributed by atoms with Crippen LogP contribution >= 0.6 is 11.6 Å². The lowest BCUT2D eigenvalue weighted by Crippen LogP contribution is -2.37. The minimum atomic E-state index is -0.259. The fraction of sp³-hybridized carbons (Fsp3) is 0.429. The Hall–Kier alpha value is -1.35. The van der Waals surface area contributed by atoms with Crippen LogP contribution in [0, 0.1) is 5.92 Å². The number of Topliss-reactive ketones (excluding diaryl/α,β-unsaturated/α-hetero) is 1. The second kappa shape index (κ2) is 4.39. The molecule has 1 fully saturated rings. The van der Waals surface area contributed by atoms with Gasteiger partial charge in [0.05, 0.1) is 0 Å². The first-order valence-corrected chi connectivity index (χ1v) is 6.64. The molecule has 0 radical (unpaired) electrons. The molecule has 0 bridgehead atoms. The number of fused-ring (bicyclic) bond motifs is 1. The number of halogens is 1. The number of rotatable bonds is 2. The van der Waals surface area contributed by atoms with Gasteiger partial charge in [-0.3, -0.25) is 9.59 Å². The summed E-state index contributed by atoms with van der Waals surface area (Å²) in [6, 6.07) is 5.68. The van der Waals surface area contributed by atoms with Crippen molar-refractivity contribution in [1.82, 2.24) is 5.32 Å². The van der Waals surface area contributed by atoms with Gasteiger partial charge in [-0.05, 0) is 30.9 Å². The monoisotopic (exact) mass is 263 g/mol. The standard InChI is InChI=1S/C14H14ClNO2/c15-12-3-1-2-10-11(12)6-8(7-13(10)17)14(18)16-9-4-5-9/h1-3,8-9H,4-7H2,(H,16,18). The summed E-state index contributed by atoms with van der Waals surface area (Å²) in [6.07, 6.45) is 2.98. The van der Waals surface area contributed by atoms with E-state index in [1.807, 2.05) is 0 Å². The second-order valence-electron chi connectivity index (χ2n) is 5.08. The summed E-state index contributed by atoms with van der Waals surface area (Å²) in [7, 11) is 0. The number of nitrogens with one attached hydrogen (secondary N) is 1. The lowest BCUT2D eigenvalue weighted by Gasteiger charge is -2.23. The minimum absolute atomic E-state index is 0.00332. The van der Waals surface area contributed by atoms with Crippen molar-refractivity contribution in [3.63, 3.8) is 0 Å². The number of carbonyl (C=O) groups excluding carboxylic acids is 2. The molecule has 1 N–H and O–H groups in total. The molecule has 1 amide bonds. The number of ketones is 1. The molecule has 1 atom stereocenters. The van der Waals surface area contributed by atoms with Gasteiger partial charge in [-0.25, -0.2) is 0 Å². The van der Waals surface area contributed by atoms with Gasteiger partial charge in [0.1, 0.15) is 0 Å². The Morgan fingerprint density at radius 2 is 2.06 bits per heavy atom.